The van der Waals surface area contributed by atoms with Crippen LogP contribution in [0.2, 0.25) is 0 Å². The van der Waals surface area contributed by atoms with E-state index in [1.165, 1.54) is 0 Å². The molecule has 0 fully saturated rings. The predicted octanol–water partition coefficient (Wildman–Crippen LogP) is 3.02. The third-order valence-corrected chi connectivity index (χ3v) is 3.24. The second-order valence-electron chi connectivity index (χ2n) is 6.79. The van der Waals surface area contributed by atoms with E-state index in [1.807, 2.05) is 45.0 Å². The molecular formula is C20H28N2O3. The molecular weight excluding hydrogens is 316 g/mol. The first-order valence-corrected chi connectivity index (χ1v) is 8.53. The number of amides is 2. The highest BCUT2D eigenvalue weighted by atomic mass is 16.5. The summed E-state index contributed by atoms with van der Waals surface area (Å²) < 4.78 is 5.17. The summed E-state index contributed by atoms with van der Waals surface area (Å²) in [6, 6.07) is 7.97. The summed E-state index contributed by atoms with van der Waals surface area (Å²) in [7, 11) is 1.62. The van der Waals surface area contributed by atoms with E-state index in [4.69, 9.17) is 4.74 Å². The Morgan fingerprint density at radius 1 is 1.24 bits per heavy atom. The molecule has 0 unspecified atom stereocenters. The van der Waals surface area contributed by atoms with Gasteiger partial charge in [-0.15, -0.1) is 0 Å². The van der Waals surface area contributed by atoms with Gasteiger partial charge in [-0.1, -0.05) is 24.0 Å². The lowest BCUT2D eigenvalue weighted by Crippen LogP contribution is -2.41. The molecule has 2 amide bonds. The zero-order valence-corrected chi connectivity index (χ0v) is 15.6. The standard InChI is InChI=1S/C20H28N2O3/c1-20(2,3)22-19(24)25-14-8-12-17-11-7-10-16(15-17)9-5-6-13-18(23)21-4/h7,10-11,15H,6,8,12-14H2,1-4H3,(H,21,23)(H,22,24). The topological polar surface area (TPSA) is 67.4 Å². The second-order valence-corrected chi connectivity index (χ2v) is 6.79. The normalized spacial score (nSPS) is 10.4. The van der Waals surface area contributed by atoms with Crippen molar-refractivity contribution >= 4 is 12.0 Å². The molecule has 0 saturated heterocycles. The molecule has 0 aliphatic rings. The lowest BCUT2D eigenvalue weighted by molar-refractivity contribution is -0.120. The van der Waals surface area contributed by atoms with E-state index in [0.717, 1.165) is 24.0 Å². The van der Waals surface area contributed by atoms with Gasteiger partial charge in [0.1, 0.15) is 0 Å². The average molecular weight is 344 g/mol. The summed E-state index contributed by atoms with van der Waals surface area (Å²) in [5.74, 6) is 6.08. The van der Waals surface area contributed by atoms with Gasteiger partial charge in [-0.25, -0.2) is 4.79 Å². The SMILES string of the molecule is CNC(=O)CCC#Cc1cccc(CCCOC(=O)NC(C)(C)C)c1. The van der Waals surface area contributed by atoms with Crippen molar-refractivity contribution in [2.24, 2.45) is 0 Å². The largest absolute Gasteiger partial charge is 0.450 e. The maximum atomic E-state index is 11.6. The lowest BCUT2D eigenvalue weighted by Gasteiger charge is -2.19. The van der Waals surface area contributed by atoms with Crippen LogP contribution in [-0.2, 0) is 16.0 Å². The van der Waals surface area contributed by atoms with Crippen LogP contribution in [0.3, 0.4) is 0 Å². The van der Waals surface area contributed by atoms with Crippen molar-refractivity contribution in [1.29, 1.82) is 0 Å². The second kappa shape index (κ2) is 10.4. The van der Waals surface area contributed by atoms with Crippen LogP contribution in [0, 0.1) is 11.8 Å². The van der Waals surface area contributed by atoms with Gasteiger partial charge in [-0.2, -0.15) is 0 Å². The van der Waals surface area contributed by atoms with Gasteiger partial charge in [0.15, 0.2) is 0 Å². The van der Waals surface area contributed by atoms with Crippen molar-refractivity contribution in [1.82, 2.24) is 10.6 Å². The fraction of sp³-hybridized carbons (Fsp3) is 0.500. The molecule has 5 heteroatoms. The number of rotatable bonds is 6. The van der Waals surface area contributed by atoms with Crippen LogP contribution in [-0.4, -0.2) is 31.2 Å². The van der Waals surface area contributed by atoms with E-state index in [2.05, 4.69) is 22.5 Å². The Balaban J connectivity index is 2.37. The maximum Gasteiger partial charge on any atom is 0.407 e. The smallest absolute Gasteiger partial charge is 0.407 e. The third kappa shape index (κ3) is 10.1. The van der Waals surface area contributed by atoms with Gasteiger partial charge in [0, 0.05) is 31.0 Å². The zero-order chi connectivity index (χ0) is 18.7. The first-order valence-electron chi connectivity index (χ1n) is 8.53. The van der Waals surface area contributed by atoms with Crippen LogP contribution in [0.4, 0.5) is 4.79 Å². The fourth-order valence-corrected chi connectivity index (χ4v) is 2.05. The van der Waals surface area contributed by atoms with Gasteiger partial charge in [0.05, 0.1) is 6.61 Å². The Bertz CT molecular complexity index is 636. The molecule has 0 aliphatic carbocycles. The monoisotopic (exact) mass is 344 g/mol. The van der Waals surface area contributed by atoms with Gasteiger partial charge >= 0.3 is 6.09 Å². The minimum absolute atomic E-state index is 0.00134. The van der Waals surface area contributed by atoms with Gasteiger partial charge in [-0.05, 0) is 51.3 Å². The maximum absolute atomic E-state index is 11.6. The van der Waals surface area contributed by atoms with Crippen LogP contribution >= 0.6 is 0 Å². The molecule has 0 aliphatic heterocycles. The molecule has 0 spiro atoms. The molecule has 25 heavy (non-hydrogen) atoms. The molecule has 2 N–H and O–H groups in total. The van der Waals surface area contributed by atoms with Crippen molar-refractivity contribution in [2.45, 2.75) is 52.0 Å². The molecule has 1 aromatic carbocycles. The minimum atomic E-state index is -0.386. The van der Waals surface area contributed by atoms with Crippen LogP contribution in [0.5, 0.6) is 0 Å². The summed E-state index contributed by atoms with van der Waals surface area (Å²) in [5.41, 5.74) is 1.79. The van der Waals surface area contributed by atoms with E-state index >= 15 is 0 Å². The van der Waals surface area contributed by atoms with Gasteiger partial charge in [0.25, 0.3) is 0 Å². The lowest BCUT2D eigenvalue weighted by atomic mass is 10.1. The molecule has 0 bridgehead atoms. The third-order valence-electron chi connectivity index (χ3n) is 3.24. The van der Waals surface area contributed by atoms with Crippen molar-refractivity contribution in [3.8, 4) is 11.8 Å². The van der Waals surface area contributed by atoms with Crippen molar-refractivity contribution in [3.63, 3.8) is 0 Å². The number of nitrogens with one attached hydrogen (secondary N) is 2. The van der Waals surface area contributed by atoms with E-state index in [1.54, 1.807) is 7.05 Å². The van der Waals surface area contributed by atoms with Crippen LogP contribution in [0.15, 0.2) is 24.3 Å². The number of hydrogen-bond donors (Lipinski definition) is 2. The Labute approximate surface area is 150 Å². The number of alkyl carbamates (subject to hydrolysis) is 1. The highest BCUT2D eigenvalue weighted by molar-refractivity contribution is 5.75. The first-order chi connectivity index (χ1) is 11.8. The number of ether oxygens (including phenoxy) is 1. The van der Waals surface area contributed by atoms with E-state index < -0.39 is 0 Å². The van der Waals surface area contributed by atoms with Crippen LogP contribution < -0.4 is 10.6 Å². The molecule has 5 nitrogen and oxygen atoms in total. The molecule has 0 atom stereocenters. The molecule has 1 aromatic rings. The molecule has 0 aromatic heterocycles. The van der Waals surface area contributed by atoms with E-state index in [-0.39, 0.29) is 17.5 Å². The van der Waals surface area contributed by atoms with Gasteiger partial charge in [-0.3, -0.25) is 4.79 Å². The number of carbonyl (C=O) groups is 2. The Morgan fingerprint density at radius 2 is 2.00 bits per heavy atom. The van der Waals surface area contributed by atoms with Crippen molar-refractivity contribution < 1.29 is 14.3 Å². The fourth-order valence-electron chi connectivity index (χ4n) is 2.05. The van der Waals surface area contributed by atoms with Crippen molar-refractivity contribution in [2.75, 3.05) is 13.7 Å². The highest BCUT2D eigenvalue weighted by Gasteiger charge is 2.14. The molecule has 0 heterocycles. The molecule has 136 valence electrons. The number of hydrogen-bond acceptors (Lipinski definition) is 3. The van der Waals surface area contributed by atoms with E-state index in [0.29, 0.717) is 19.4 Å². The summed E-state index contributed by atoms with van der Waals surface area (Å²) in [6.45, 7) is 6.12. The Kier molecular flexibility index (Phi) is 8.55. The number of benzene rings is 1. The van der Waals surface area contributed by atoms with Crippen molar-refractivity contribution in [3.05, 3.63) is 35.4 Å². The summed E-state index contributed by atoms with van der Waals surface area (Å²) in [4.78, 5) is 22.7. The molecule has 1 rings (SSSR count). The molecule has 0 radical (unpaired) electrons. The minimum Gasteiger partial charge on any atom is -0.450 e. The first kappa shape index (κ1) is 20.6. The summed E-state index contributed by atoms with van der Waals surface area (Å²) in [6.07, 6.45) is 2.14. The predicted molar refractivity (Wildman–Crippen MR) is 99.2 cm³/mol. The Hall–Kier alpha value is -2.48. The quantitative estimate of drug-likeness (QED) is 0.616. The zero-order valence-electron chi connectivity index (χ0n) is 15.6. The molecule has 0 saturated carbocycles. The number of aryl methyl sites for hydroxylation is 1. The van der Waals surface area contributed by atoms with Crippen LogP contribution in [0.25, 0.3) is 0 Å². The van der Waals surface area contributed by atoms with Crippen LogP contribution in [0.1, 0.15) is 51.2 Å². The highest BCUT2D eigenvalue weighted by Crippen LogP contribution is 2.07. The van der Waals surface area contributed by atoms with E-state index in [9.17, 15) is 9.59 Å². The summed E-state index contributed by atoms with van der Waals surface area (Å²) >= 11 is 0. The number of carbonyl (C=O) groups excluding carboxylic acids is 2. The Morgan fingerprint density at radius 3 is 2.68 bits per heavy atom. The van der Waals surface area contributed by atoms with Gasteiger partial charge < -0.3 is 15.4 Å². The van der Waals surface area contributed by atoms with Gasteiger partial charge in [0.2, 0.25) is 5.91 Å². The average Bonchev–Trinajstić information content (AvgIpc) is 2.54. The summed E-state index contributed by atoms with van der Waals surface area (Å²) in [5, 5.41) is 5.33.